The molecule has 22 heavy (non-hydrogen) atoms. The van der Waals surface area contributed by atoms with Crippen LogP contribution in [-0.4, -0.2) is 57.2 Å². The van der Waals surface area contributed by atoms with Gasteiger partial charge in [-0.3, -0.25) is 4.99 Å². The van der Waals surface area contributed by atoms with E-state index in [9.17, 15) is 0 Å². The van der Waals surface area contributed by atoms with E-state index in [1.54, 1.807) is 7.05 Å². The number of para-hydroxylation sites is 1. The Kier molecular flexibility index (Phi) is 10.2. The summed E-state index contributed by atoms with van der Waals surface area (Å²) >= 11 is 0. The van der Waals surface area contributed by atoms with Crippen molar-refractivity contribution >= 4 is 29.9 Å². The second-order valence-electron chi connectivity index (χ2n) is 5.72. The quantitative estimate of drug-likeness (QED) is 0.307. The third-order valence-corrected chi connectivity index (χ3v) is 3.53. The number of nitrogens with zero attached hydrogens (tertiary/aromatic N) is 2. The van der Waals surface area contributed by atoms with Gasteiger partial charge in [0.2, 0.25) is 0 Å². The lowest BCUT2D eigenvalue weighted by atomic mass is 10.0. The summed E-state index contributed by atoms with van der Waals surface area (Å²) < 4.78 is 5.63. The van der Waals surface area contributed by atoms with E-state index in [1.807, 2.05) is 30.3 Å². The molecule has 1 aromatic carbocycles. The zero-order chi connectivity index (χ0) is 15.7. The van der Waals surface area contributed by atoms with Gasteiger partial charge >= 0.3 is 0 Å². The van der Waals surface area contributed by atoms with Gasteiger partial charge in [-0.25, -0.2) is 0 Å². The molecule has 0 spiro atoms. The van der Waals surface area contributed by atoms with Crippen LogP contribution in [-0.2, 0) is 0 Å². The summed E-state index contributed by atoms with van der Waals surface area (Å²) in [5, 5.41) is 6.58. The van der Waals surface area contributed by atoms with Gasteiger partial charge in [0.05, 0.1) is 6.54 Å². The smallest absolute Gasteiger partial charge is 0.191 e. The summed E-state index contributed by atoms with van der Waals surface area (Å²) in [6.07, 6.45) is 0. The molecule has 0 aliphatic carbocycles. The van der Waals surface area contributed by atoms with E-state index in [2.05, 4.69) is 48.5 Å². The van der Waals surface area contributed by atoms with E-state index < -0.39 is 0 Å². The molecule has 0 aromatic heterocycles. The monoisotopic (exact) mass is 420 g/mol. The molecule has 0 unspecified atom stereocenters. The van der Waals surface area contributed by atoms with Crippen molar-refractivity contribution in [2.24, 2.45) is 4.99 Å². The van der Waals surface area contributed by atoms with Crippen molar-refractivity contribution in [2.45, 2.75) is 19.4 Å². The Hall–Kier alpha value is -1.02. The Morgan fingerprint density at radius 3 is 2.36 bits per heavy atom. The van der Waals surface area contributed by atoms with Crippen LogP contribution in [0.2, 0.25) is 0 Å². The van der Waals surface area contributed by atoms with E-state index in [1.165, 1.54) is 0 Å². The van der Waals surface area contributed by atoms with Crippen LogP contribution in [0.25, 0.3) is 0 Å². The Balaban J connectivity index is 0.00000441. The fourth-order valence-electron chi connectivity index (χ4n) is 1.53. The number of likely N-dealkylation sites (N-methyl/N-ethyl adjacent to an activating group) is 1. The van der Waals surface area contributed by atoms with E-state index in [4.69, 9.17) is 4.74 Å². The van der Waals surface area contributed by atoms with Crippen molar-refractivity contribution < 1.29 is 4.74 Å². The molecule has 0 radical (unpaired) electrons. The molecule has 0 heterocycles. The molecule has 0 atom stereocenters. The molecule has 0 aliphatic heterocycles. The van der Waals surface area contributed by atoms with Crippen LogP contribution in [0.5, 0.6) is 5.75 Å². The first-order valence-electron chi connectivity index (χ1n) is 7.25. The molecule has 1 rings (SSSR count). The molecule has 0 fully saturated rings. The summed E-state index contributed by atoms with van der Waals surface area (Å²) in [5.74, 6) is 1.68. The van der Waals surface area contributed by atoms with Crippen LogP contribution in [0.4, 0.5) is 0 Å². The molecule has 0 amide bonds. The number of benzene rings is 1. The minimum atomic E-state index is 0. The summed E-state index contributed by atoms with van der Waals surface area (Å²) in [6.45, 7) is 6.50. The maximum absolute atomic E-state index is 5.63. The lowest BCUT2D eigenvalue weighted by Gasteiger charge is -2.33. The van der Waals surface area contributed by atoms with Crippen molar-refractivity contribution in [3.8, 4) is 5.75 Å². The zero-order valence-corrected chi connectivity index (χ0v) is 16.5. The third kappa shape index (κ3) is 7.84. The van der Waals surface area contributed by atoms with Gasteiger partial charge in [-0.2, -0.15) is 0 Å². The molecule has 0 aliphatic rings. The summed E-state index contributed by atoms with van der Waals surface area (Å²) in [4.78, 5) is 6.40. The molecule has 0 saturated heterocycles. The van der Waals surface area contributed by atoms with Crippen molar-refractivity contribution in [1.29, 1.82) is 0 Å². The number of aliphatic imine (C=N–C) groups is 1. The SMILES string of the molecule is CN=C(NCCOc1ccccc1)NCC(C)(C)N(C)C.I. The van der Waals surface area contributed by atoms with E-state index >= 15 is 0 Å². The number of nitrogens with one attached hydrogen (secondary N) is 2. The van der Waals surface area contributed by atoms with Crippen molar-refractivity contribution in [3.63, 3.8) is 0 Å². The van der Waals surface area contributed by atoms with Gasteiger partial charge in [0.15, 0.2) is 5.96 Å². The lowest BCUT2D eigenvalue weighted by Crippen LogP contribution is -2.51. The minimum Gasteiger partial charge on any atom is -0.492 e. The highest BCUT2D eigenvalue weighted by Gasteiger charge is 2.20. The van der Waals surface area contributed by atoms with Crippen LogP contribution in [0.1, 0.15) is 13.8 Å². The van der Waals surface area contributed by atoms with Gasteiger partial charge in [0, 0.05) is 19.1 Å². The van der Waals surface area contributed by atoms with Gasteiger partial charge in [0.25, 0.3) is 0 Å². The number of hydrogen-bond donors (Lipinski definition) is 2. The number of hydrogen-bond acceptors (Lipinski definition) is 3. The van der Waals surface area contributed by atoms with Crippen molar-refractivity contribution in [3.05, 3.63) is 30.3 Å². The van der Waals surface area contributed by atoms with Gasteiger partial charge in [-0.1, -0.05) is 18.2 Å². The number of ether oxygens (including phenoxy) is 1. The summed E-state index contributed by atoms with van der Waals surface area (Å²) in [5.41, 5.74) is 0.0676. The third-order valence-electron chi connectivity index (χ3n) is 3.53. The van der Waals surface area contributed by atoms with Gasteiger partial charge in [-0.05, 0) is 40.1 Å². The fourth-order valence-corrected chi connectivity index (χ4v) is 1.53. The first kappa shape index (κ1) is 21.0. The maximum atomic E-state index is 5.63. The predicted molar refractivity (Wildman–Crippen MR) is 104 cm³/mol. The van der Waals surface area contributed by atoms with E-state index in [-0.39, 0.29) is 29.5 Å². The largest absolute Gasteiger partial charge is 0.492 e. The van der Waals surface area contributed by atoms with Crippen LogP contribution in [0.3, 0.4) is 0 Å². The van der Waals surface area contributed by atoms with Gasteiger partial charge in [0.1, 0.15) is 12.4 Å². The normalized spacial score (nSPS) is 11.8. The van der Waals surface area contributed by atoms with Crippen LogP contribution >= 0.6 is 24.0 Å². The number of rotatable bonds is 7. The van der Waals surface area contributed by atoms with Gasteiger partial charge < -0.3 is 20.3 Å². The summed E-state index contributed by atoms with van der Waals surface area (Å²) in [6, 6.07) is 9.81. The van der Waals surface area contributed by atoms with Crippen LogP contribution in [0, 0.1) is 0 Å². The molecule has 0 saturated carbocycles. The zero-order valence-electron chi connectivity index (χ0n) is 14.2. The average molecular weight is 420 g/mol. The second-order valence-corrected chi connectivity index (χ2v) is 5.72. The van der Waals surface area contributed by atoms with E-state index in [0.29, 0.717) is 13.2 Å². The maximum Gasteiger partial charge on any atom is 0.191 e. The van der Waals surface area contributed by atoms with Gasteiger partial charge in [-0.15, -0.1) is 24.0 Å². The number of halogens is 1. The van der Waals surface area contributed by atoms with Crippen molar-refractivity contribution in [2.75, 3.05) is 40.8 Å². The Bertz CT molecular complexity index is 435. The molecule has 6 heteroatoms. The fraction of sp³-hybridized carbons (Fsp3) is 0.562. The summed E-state index contributed by atoms with van der Waals surface area (Å²) in [7, 11) is 5.92. The average Bonchev–Trinajstić information content (AvgIpc) is 2.47. The second kappa shape index (κ2) is 10.7. The predicted octanol–water partition coefficient (Wildman–Crippen LogP) is 2.19. The van der Waals surface area contributed by atoms with Crippen molar-refractivity contribution in [1.82, 2.24) is 15.5 Å². The molecule has 5 nitrogen and oxygen atoms in total. The first-order valence-corrected chi connectivity index (χ1v) is 7.25. The first-order chi connectivity index (χ1) is 9.95. The van der Waals surface area contributed by atoms with Crippen LogP contribution in [0.15, 0.2) is 35.3 Å². The topological polar surface area (TPSA) is 48.9 Å². The highest BCUT2D eigenvalue weighted by molar-refractivity contribution is 14.0. The van der Waals surface area contributed by atoms with E-state index in [0.717, 1.165) is 18.3 Å². The molecular weight excluding hydrogens is 391 g/mol. The molecular formula is C16H29IN4O. The highest BCUT2D eigenvalue weighted by atomic mass is 127. The lowest BCUT2D eigenvalue weighted by molar-refractivity contribution is 0.197. The molecule has 0 bridgehead atoms. The Labute approximate surface area is 151 Å². The van der Waals surface area contributed by atoms with Crippen LogP contribution < -0.4 is 15.4 Å². The minimum absolute atomic E-state index is 0. The standard InChI is InChI=1S/C16H28N4O.HI/c1-16(2,20(4)5)13-19-15(17-3)18-11-12-21-14-9-7-6-8-10-14;/h6-10H,11-13H2,1-5H3,(H2,17,18,19);1H. The highest BCUT2D eigenvalue weighted by Crippen LogP contribution is 2.08. The number of guanidine groups is 1. The Morgan fingerprint density at radius 1 is 1.18 bits per heavy atom. The molecule has 1 aromatic rings. The Morgan fingerprint density at radius 2 is 1.82 bits per heavy atom. The molecule has 126 valence electrons. The molecule has 2 N–H and O–H groups in total.